The smallest absolute Gasteiger partial charge is 0.119 e. The highest BCUT2D eigenvalue weighted by Crippen LogP contribution is 2.16. The summed E-state index contributed by atoms with van der Waals surface area (Å²) in [6.07, 6.45) is 10.4. The fraction of sp³-hybridized carbons (Fsp3) is 0.556. The highest BCUT2D eigenvalue weighted by Gasteiger charge is 2.01. The molecule has 0 fully saturated rings. The summed E-state index contributed by atoms with van der Waals surface area (Å²) < 4.78 is 11.7. The first-order chi connectivity index (χ1) is 15.0. The van der Waals surface area contributed by atoms with Gasteiger partial charge in [-0.25, -0.2) is 0 Å². The van der Waals surface area contributed by atoms with E-state index in [0.717, 1.165) is 50.4 Å². The topological polar surface area (TPSA) is 70.5 Å². The Morgan fingerprint density at radius 2 is 0.871 bits per heavy atom. The van der Waals surface area contributed by atoms with Crippen LogP contribution in [-0.4, -0.2) is 25.3 Å². The first-order valence-corrected chi connectivity index (χ1v) is 12.0. The fourth-order valence-corrected chi connectivity index (χ4v) is 3.66. The second kappa shape index (κ2) is 14.9. The van der Waals surface area contributed by atoms with Crippen LogP contribution in [0.4, 0.5) is 0 Å². The lowest BCUT2D eigenvalue weighted by Gasteiger charge is -2.09. The Bertz CT molecular complexity index is 635. The van der Waals surface area contributed by atoms with Crippen molar-refractivity contribution in [2.45, 2.75) is 83.7 Å². The molecule has 2 aromatic rings. The molecular formula is C27H42N2O2. The van der Waals surface area contributed by atoms with E-state index in [-0.39, 0.29) is 12.1 Å². The molecule has 0 saturated heterocycles. The highest BCUT2D eigenvalue weighted by molar-refractivity contribution is 5.28. The van der Waals surface area contributed by atoms with Crippen LogP contribution in [0, 0.1) is 0 Å². The number of hydrogen-bond donors (Lipinski definition) is 2. The van der Waals surface area contributed by atoms with Crippen LogP contribution in [0.3, 0.4) is 0 Å². The molecule has 0 saturated carbocycles. The van der Waals surface area contributed by atoms with Crippen molar-refractivity contribution in [2.75, 3.05) is 13.2 Å². The van der Waals surface area contributed by atoms with E-state index < -0.39 is 0 Å². The normalized spacial score (nSPS) is 13.0. The van der Waals surface area contributed by atoms with Crippen molar-refractivity contribution in [2.24, 2.45) is 11.5 Å². The monoisotopic (exact) mass is 426 g/mol. The van der Waals surface area contributed by atoms with E-state index >= 15 is 0 Å². The molecule has 0 aromatic heterocycles. The van der Waals surface area contributed by atoms with Crippen molar-refractivity contribution >= 4 is 0 Å². The maximum atomic E-state index is 5.84. The van der Waals surface area contributed by atoms with Gasteiger partial charge in [0.2, 0.25) is 0 Å². The molecule has 0 heterocycles. The van der Waals surface area contributed by atoms with E-state index in [2.05, 4.69) is 48.5 Å². The third-order valence-corrected chi connectivity index (χ3v) is 5.29. The van der Waals surface area contributed by atoms with E-state index in [1.807, 2.05) is 13.8 Å². The lowest BCUT2D eigenvalue weighted by atomic mass is 10.1. The largest absolute Gasteiger partial charge is 0.494 e. The number of benzene rings is 2. The van der Waals surface area contributed by atoms with Gasteiger partial charge < -0.3 is 20.9 Å². The van der Waals surface area contributed by atoms with Gasteiger partial charge in [0.1, 0.15) is 11.5 Å². The molecule has 0 aliphatic carbocycles. The zero-order valence-electron chi connectivity index (χ0n) is 19.5. The predicted molar refractivity (Wildman–Crippen MR) is 131 cm³/mol. The van der Waals surface area contributed by atoms with Gasteiger partial charge in [-0.05, 0) is 74.9 Å². The summed E-state index contributed by atoms with van der Waals surface area (Å²) in [6, 6.07) is 17.0. The summed E-state index contributed by atoms with van der Waals surface area (Å²) >= 11 is 0. The quantitative estimate of drug-likeness (QED) is 0.340. The fourth-order valence-electron chi connectivity index (χ4n) is 3.66. The van der Waals surface area contributed by atoms with E-state index in [4.69, 9.17) is 20.9 Å². The molecule has 2 rings (SSSR count). The Labute approximate surface area is 189 Å². The van der Waals surface area contributed by atoms with Gasteiger partial charge in [-0.15, -0.1) is 0 Å². The van der Waals surface area contributed by atoms with Crippen LogP contribution in [0.15, 0.2) is 48.5 Å². The average molecular weight is 427 g/mol. The van der Waals surface area contributed by atoms with Crippen molar-refractivity contribution in [1.29, 1.82) is 0 Å². The summed E-state index contributed by atoms with van der Waals surface area (Å²) in [5.41, 5.74) is 14.2. The summed E-state index contributed by atoms with van der Waals surface area (Å²) in [5, 5.41) is 0. The standard InChI is InChI=1S/C27H42N2O2/c1-22(28)20-24-10-14-26(15-11-24)30-18-8-6-4-3-5-7-9-19-31-27-16-12-25(13-17-27)21-23(2)29/h10-17,22-23H,3-9,18-21,28-29H2,1-2H3/t22-,23-/m1/s1. The minimum absolute atomic E-state index is 0.197. The Morgan fingerprint density at radius 1 is 0.548 bits per heavy atom. The molecule has 0 amide bonds. The third kappa shape index (κ3) is 11.8. The molecule has 0 radical (unpaired) electrons. The van der Waals surface area contributed by atoms with E-state index in [1.54, 1.807) is 0 Å². The number of ether oxygens (including phenoxy) is 2. The number of rotatable bonds is 16. The third-order valence-electron chi connectivity index (χ3n) is 5.29. The SMILES string of the molecule is C[C@@H](N)Cc1ccc(OCCCCCCCCCOc2ccc(C[C@@H](C)N)cc2)cc1. The van der Waals surface area contributed by atoms with E-state index in [0.29, 0.717) is 0 Å². The van der Waals surface area contributed by atoms with Crippen LogP contribution < -0.4 is 20.9 Å². The van der Waals surface area contributed by atoms with Gasteiger partial charge in [-0.3, -0.25) is 0 Å². The lowest BCUT2D eigenvalue weighted by molar-refractivity contribution is 0.299. The molecule has 31 heavy (non-hydrogen) atoms. The van der Waals surface area contributed by atoms with Crippen molar-refractivity contribution in [3.63, 3.8) is 0 Å². The lowest BCUT2D eigenvalue weighted by Crippen LogP contribution is -2.17. The van der Waals surface area contributed by atoms with Gasteiger partial charge in [0.15, 0.2) is 0 Å². The molecule has 0 spiro atoms. The minimum atomic E-state index is 0.197. The van der Waals surface area contributed by atoms with Crippen LogP contribution in [-0.2, 0) is 12.8 Å². The minimum Gasteiger partial charge on any atom is -0.494 e. The average Bonchev–Trinajstić information content (AvgIpc) is 2.73. The molecule has 2 aromatic carbocycles. The van der Waals surface area contributed by atoms with Crippen molar-refractivity contribution in [1.82, 2.24) is 0 Å². The zero-order chi connectivity index (χ0) is 22.3. The first kappa shape index (κ1) is 25.2. The van der Waals surface area contributed by atoms with Crippen molar-refractivity contribution < 1.29 is 9.47 Å². The molecular weight excluding hydrogens is 384 g/mol. The molecule has 0 aliphatic heterocycles. The van der Waals surface area contributed by atoms with Crippen molar-refractivity contribution in [3.05, 3.63) is 59.7 Å². The second-order valence-electron chi connectivity index (χ2n) is 8.82. The Morgan fingerprint density at radius 3 is 1.19 bits per heavy atom. The molecule has 0 aliphatic rings. The molecule has 4 nitrogen and oxygen atoms in total. The number of nitrogens with two attached hydrogens (primary N) is 2. The summed E-state index contributed by atoms with van der Waals surface area (Å²) in [7, 11) is 0. The molecule has 172 valence electrons. The van der Waals surface area contributed by atoms with Crippen LogP contribution in [0.25, 0.3) is 0 Å². The van der Waals surface area contributed by atoms with Gasteiger partial charge in [-0.2, -0.15) is 0 Å². The van der Waals surface area contributed by atoms with Gasteiger partial charge in [0.25, 0.3) is 0 Å². The molecule has 2 atom stereocenters. The van der Waals surface area contributed by atoms with Gasteiger partial charge in [-0.1, -0.05) is 56.4 Å². The van der Waals surface area contributed by atoms with Crippen LogP contribution in [0.5, 0.6) is 11.5 Å². The van der Waals surface area contributed by atoms with Crippen LogP contribution >= 0.6 is 0 Å². The van der Waals surface area contributed by atoms with E-state index in [9.17, 15) is 0 Å². The summed E-state index contributed by atoms with van der Waals surface area (Å²) in [4.78, 5) is 0. The van der Waals surface area contributed by atoms with Gasteiger partial charge in [0.05, 0.1) is 13.2 Å². The molecule has 0 unspecified atom stereocenters. The Hall–Kier alpha value is -2.04. The first-order valence-electron chi connectivity index (χ1n) is 12.0. The van der Waals surface area contributed by atoms with Crippen LogP contribution in [0.1, 0.15) is 69.9 Å². The van der Waals surface area contributed by atoms with Gasteiger partial charge >= 0.3 is 0 Å². The zero-order valence-corrected chi connectivity index (χ0v) is 19.5. The van der Waals surface area contributed by atoms with Crippen molar-refractivity contribution in [3.8, 4) is 11.5 Å². The highest BCUT2D eigenvalue weighted by atomic mass is 16.5. The summed E-state index contributed by atoms with van der Waals surface area (Å²) in [6.45, 7) is 5.65. The maximum absolute atomic E-state index is 5.84. The second-order valence-corrected chi connectivity index (χ2v) is 8.82. The van der Waals surface area contributed by atoms with Crippen LogP contribution in [0.2, 0.25) is 0 Å². The molecule has 4 heteroatoms. The van der Waals surface area contributed by atoms with Gasteiger partial charge in [0, 0.05) is 12.1 Å². The Balaban J connectivity index is 1.41. The molecule has 4 N–H and O–H groups in total. The number of unbranched alkanes of at least 4 members (excludes halogenated alkanes) is 6. The molecule has 0 bridgehead atoms. The summed E-state index contributed by atoms with van der Waals surface area (Å²) in [5.74, 6) is 1.91. The van der Waals surface area contributed by atoms with E-state index in [1.165, 1.54) is 43.2 Å². The maximum Gasteiger partial charge on any atom is 0.119 e. The Kier molecular flexibility index (Phi) is 12.1. The number of hydrogen-bond acceptors (Lipinski definition) is 4. The predicted octanol–water partition coefficient (Wildman–Crippen LogP) is 5.65.